The summed E-state index contributed by atoms with van der Waals surface area (Å²) in [5.74, 6) is 1.77. The van der Waals surface area contributed by atoms with Gasteiger partial charge < -0.3 is 14.4 Å². The Hall–Kier alpha value is -6.06. The molecule has 57 heavy (non-hydrogen) atoms. The Balaban J connectivity index is 1.19. The smallest absolute Gasteiger partial charge is 0.178 e. The fraction of sp³-hybridized carbons (Fsp3) is 0.222. The van der Waals surface area contributed by atoms with Crippen LogP contribution in [0.15, 0.2) is 164 Å². The van der Waals surface area contributed by atoms with Gasteiger partial charge in [0.15, 0.2) is 5.60 Å². The summed E-state index contributed by atoms with van der Waals surface area (Å²) in [6.45, 7) is 9.91. The molecule has 1 heterocycles. The number of para-hydroxylation sites is 2. The van der Waals surface area contributed by atoms with E-state index in [0.717, 1.165) is 57.9 Å². The Kier molecular flexibility index (Phi) is 8.06. The van der Waals surface area contributed by atoms with Crippen LogP contribution in [0.5, 0.6) is 11.5 Å². The molecular weight excluding hydrogens is 695 g/mol. The second-order valence-electron chi connectivity index (χ2n) is 18.0. The summed E-state index contributed by atoms with van der Waals surface area (Å²) in [4.78, 5) is 2.30. The molecule has 1 saturated carbocycles. The predicted octanol–water partition coefficient (Wildman–Crippen LogP) is 14.2. The van der Waals surface area contributed by atoms with Crippen molar-refractivity contribution in [2.75, 3.05) is 12.0 Å². The van der Waals surface area contributed by atoms with Crippen LogP contribution in [-0.4, -0.2) is 7.11 Å². The molecule has 1 spiro atoms. The van der Waals surface area contributed by atoms with E-state index in [1.807, 2.05) is 12.1 Å². The van der Waals surface area contributed by atoms with E-state index in [1.54, 1.807) is 7.11 Å². The van der Waals surface area contributed by atoms with Gasteiger partial charge in [-0.1, -0.05) is 143 Å². The second-order valence-corrected chi connectivity index (χ2v) is 18.0. The van der Waals surface area contributed by atoms with Gasteiger partial charge in [-0.3, -0.25) is 0 Å². The minimum atomic E-state index is -0.900. The van der Waals surface area contributed by atoms with Crippen LogP contribution < -0.4 is 14.4 Å². The summed E-state index contributed by atoms with van der Waals surface area (Å²) in [6, 6.07) is 56.6. The highest BCUT2D eigenvalue weighted by Crippen LogP contribution is 2.66. The third-order valence-electron chi connectivity index (χ3n) is 12.8. The Morgan fingerprint density at radius 3 is 1.68 bits per heavy atom. The molecule has 1 unspecified atom stereocenters. The Morgan fingerprint density at radius 2 is 1.07 bits per heavy atom. The minimum absolute atomic E-state index is 0.140. The number of nitrogens with zero attached hydrogens (tertiary/aromatic N) is 1. The van der Waals surface area contributed by atoms with Crippen molar-refractivity contribution in [2.45, 2.75) is 58.0 Å². The summed E-state index contributed by atoms with van der Waals surface area (Å²) in [5, 5.41) is 2.40. The molecule has 1 fully saturated rings. The van der Waals surface area contributed by atoms with Crippen molar-refractivity contribution in [2.24, 2.45) is 10.8 Å². The molecule has 7 aromatic rings. The van der Waals surface area contributed by atoms with Crippen LogP contribution >= 0.6 is 0 Å². The van der Waals surface area contributed by atoms with E-state index in [9.17, 15) is 0 Å². The van der Waals surface area contributed by atoms with Gasteiger partial charge in [0.05, 0.1) is 7.11 Å². The Bertz CT molecular complexity index is 2600. The summed E-state index contributed by atoms with van der Waals surface area (Å²) in [5.41, 5.74) is 11.6. The average Bonchev–Trinajstić information content (AvgIpc) is 3.49. The van der Waals surface area contributed by atoms with E-state index < -0.39 is 5.60 Å². The summed E-state index contributed by atoms with van der Waals surface area (Å²) >= 11 is 0. The van der Waals surface area contributed by atoms with Gasteiger partial charge in [0, 0.05) is 44.6 Å². The number of hydrogen-bond donors (Lipinski definition) is 0. The van der Waals surface area contributed by atoms with E-state index in [1.165, 1.54) is 39.6 Å². The molecule has 3 heteroatoms. The standard InChI is InChI=1S/C54H49NO2/c1-51(2)34-52(3,4)36-53(35-51)47-23-15-14-22-45(47)48-43-20-12-13-21-44(43)50-46(49(48)53)32-33-54(57-50,38-26-30-42(56-5)31-27-38)37-24-28-41(29-25-37)55(39-16-8-6-9-17-39)40-18-10-7-11-19-40/h6-33H,34-36H2,1-5H3. The van der Waals surface area contributed by atoms with Gasteiger partial charge in [0.1, 0.15) is 11.5 Å². The van der Waals surface area contributed by atoms with E-state index in [-0.39, 0.29) is 16.2 Å². The van der Waals surface area contributed by atoms with E-state index >= 15 is 0 Å². The van der Waals surface area contributed by atoms with Crippen molar-refractivity contribution in [3.63, 3.8) is 0 Å². The molecule has 0 saturated heterocycles. The lowest BCUT2D eigenvalue weighted by Gasteiger charge is -2.52. The number of rotatable bonds is 6. The molecule has 0 aromatic heterocycles. The van der Waals surface area contributed by atoms with E-state index in [2.05, 4.69) is 190 Å². The zero-order chi connectivity index (χ0) is 39.0. The van der Waals surface area contributed by atoms with Crippen molar-refractivity contribution in [3.05, 3.63) is 192 Å². The van der Waals surface area contributed by atoms with Gasteiger partial charge in [0.2, 0.25) is 0 Å². The molecule has 0 radical (unpaired) electrons. The molecular formula is C54H49NO2. The van der Waals surface area contributed by atoms with Crippen molar-refractivity contribution >= 4 is 33.9 Å². The molecule has 10 rings (SSSR count). The third kappa shape index (κ3) is 5.62. The van der Waals surface area contributed by atoms with Crippen LogP contribution in [0.3, 0.4) is 0 Å². The number of fused-ring (bicyclic) bond motifs is 10. The van der Waals surface area contributed by atoms with Crippen LogP contribution in [0.4, 0.5) is 17.1 Å². The number of methoxy groups -OCH3 is 1. The minimum Gasteiger partial charge on any atom is -0.497 e. The highest BCUT2D eigenvalue weighted by atomic mass is 16.5. The normalized spacial score (nSPS) is 19.3. The number of ether oxygens (including phenoxy) is 2. The van der Waals surface area contributed by atoms with Crippen molar-refractivity contribution in [1.82, 2.24) is 0 Å². The van der Waals surface area contributed by atoms with Crippen molar-refractivity contribution in [3.8, 4) is 22.6 Å². The van der Waals surface area contributed by atoms with Crippen molar-refractivity contribution < 1.29 is 9.47 Å². The molecule has 3 nitrogen and oxygen atoms in total. The maximum atomic E-state index is 7.77. The summed E-state index contributed by atoms with van der Waals surface area (Å²) < 4.78 is 13.4. The van der Waals surface area contributed by atoms with Gasteiger partial charge in [-0.15, -0.1) is 0 Å². The molecule has 1 aliphatic heterocycles. The highest BCUT2D eigenvalue weighted by molar-refractivity contribution is 6.08. The first-order chi connectivity index (χ1) is 27.6. The summed E-state index contributed by atoms with van der Waals surface area (Å²) in [6.07, 6.45) is 8.12. The van der Waals surface area contributed by atoms with Crippen LogP contribution in [0.2, 0.25) is 0 Å². The van der Waals surface area contributed by atoms with Crippen LogP contribution in [0.1, 0.15) is 74.8 Å². The van der Waals surface area contributed by atoms with Gasteiger partial charge in [-0.25, -0.2) is 0 Å². The lowest BCUT2D eigenvalue weighted by Crippen LogP contribution is -2.44. The fourth-order valence-corrected chi connectivity index (χ4v) is 11.4. The van der Waals surface area contributed by atoms with Gasteiger partial charge in [0.25, 0.3) is 0 Å². The molecule has 1 atom stereocenters. The zero-order valence-electron chi connectivity index (χ0n) is 33.6. The quantitative estimate of drug-likeness (QED) is 0.169. The molecule has 2 aliphatic carbocycles. The maximum absolute atomic E-state index is 7.77. The maximum Gasteiger partial charge on any atom is 0.178 e. The lowest BCUT2D eigenvalue weighted by atomic mass is 9.52. The molecule has 282 valence electrons. The predicted molar refractivity (Wildman–Crippen MR) is 236 cm³/mol. The number of benzene rings is 7. The molecule has 3 aliphatic rings. The lowest BCUT2D eigenvalue weighted by molar-refractivity contribution is 0.0642. The first-order valence-corrected chi connectivity index (χ1v) is 20.3. The van der Waals surface area contributed by atoms with Crippen LogP contribution in [-0.2, 0) is 11.0 Å². The SMILES string of the molecule is COc1ccc(C2(c3ccc(N(c4ccccc4)c4ccccc4)cc3)C=Cc3c4c(c5ccccc5c3O2)-c2ccccc2C42CC(C)(C)CC(C)(C)C2)cc1. The Labute approximate surface area is 337 Å². The summed E-state index contributed by atoms with van der Waals surface area (Å²) in [7, 11) is 1.72. The van der Waals surface area contributed by atoms with Crippen LogP contribution in [0.25, 0.3) is 28.0 Å². The topological polar surface area (TPSA) is 21.7 Å². The second kappa shape index (κ2) is 13.0. The zero-order valence-corrected chi connectivity index (χ0v) is 33.6. The van der Waals surface area contributed by atoms with Gasteiger partial charge >= 0.3 is 0 Å². The molecule has 0 N–H and O–H groups in total. The monoisotopic (exact) mass is 743 g/mol. The van der Waals surface area contributed by atoms with Crippen molar-refractivity contribution in [1.29, 1.82) is 0 Å². The highest BCUT2D eigenvalue weighted by Gasteiger charge is 2.55. The number of anilines is 3. The molecule has 0 bridgehead atoms. The Morgan fingerprint density at radius 1 is 0.544 bits per heavy atom. The fourth-order valence-electron chi connectivity index (χ4n) is 11.4. The molecule has 0 amide bonds. The van der Waals surface area contributed by atoms with Gasteiger partial charge in [-0.05, 0) is 112 Å². The van der Waals surface area contributed by atoms with Gasteiger partial charge in [-0.2, -0.15) is 0 Å². The third-order valence-corrected chi connectivity index (χ3v) is 12.8. The van der Waals surface area contributed by atoms with E-state index in [4.69, 9.17) is 9.47 Å². The first kappa shape index (κ1) is 35.4. The first-order valence-electron chi connectivity index (χ1n) is 20.3. The van der Waals surface area contributed by atoms with Crippen LogP contribution in [0, 0.1) is 10.8 Å². The average molecular weight is 744 g/mol. The number of hydrogen-bond acceptors (Lipinski definition) is 3. The molecule has 7 aromatic carbocycles. The van der Waals surface area contributed by atoms with E-state index in [0.29, 0.717) is 0 Å². The largest absolute Gasteiger partial charge is 0.497 e.